The standard InChI is InChI=1S/C22H19BrN6O/c1-25-20-14(10-24)22(30)29-8-7-18(29)21(20)27-16-9-19-26-17(12-28(19)11-15(16)23)13-5-3-2-4-6-13/h2-6,9-12,24-25,27H,7-8H2,1H3. The van der Waals surface area contributed by atoms with Crippen molar-refractivity contribution in [2.24, 2.45) is 0 Å². The number of fused-ring (bicyclic) bond motifs is 2. The fourth-order valence-corrected chi connectivity index (χ4v) is 4.30. The van der Waals surface area contributed by atoms with Crippen LogP contribution < -0.4 is 16.2 Å². The fraction of sp³-hybridized carbons (Fsp3) is 0.136. The van der Waals surface area contributed by atoms with Crippen LogP contribution in [0.1, 0.15) is 11.3 Å². The Labute approximate surface area is 181 Å². The normalized spacial score (nSPS) is 12.3. The zero-order valence-corrected chi connectivity index (χ0v) is 17.8. The van der Waals surface area contributed by atoms with Gasteiger partial charge in [-0.2, -0.15) is 0 Å². The highest BCUT2D eigenvalue weighted by Gasteiger charge is 2.26. The molecule has 0 fully saturated rings. The maximum atomic E-state index is 12.6. The maximum absolute atomic E-state index is 12.6. The van der Waals surface area contributed by atoms with Crippen molar-refractivity contribution in [2.45, 2.75) is 13.0 Å². The molecule has 0 bridgehead atoms. The molecule has 7 nitrogen and oxygen atoms in total. The molecule has 8 heteroatoms. The van der Waals surface area contributed by atoms with E-state index < -0.39 is 0 Å². The molecule has 3 N–H and O–H groups in total. The number of aromatic nitrogens is 3. The van der Waals surface area contributed by atoms with E-state index in [1.165, 1.54) is 0 Å². The van der Waals surface area contributed by atoms with Gasteiger partial charge in [0.1, 0.15) is 5.65 Å². The van der Waals surface area contributed by atoms with Gasteiger partial charge in [0.05, 0.1) is 32.8 Å². The van der Waals surface area contributed by atoms with Crippen molar-refractivity contribution in [1.82, 2.24) is 14.0 Å². The van der Waals surface area contributed by atoms with E-state index in [-0.39, 0.29) is 5.56 Å². The van der Waals surface area contributed by atoms with Crippen molar-refractivity contribution in [3.05, 3.63) is 74.9 Å². The van der Waals surface area contributed by atoms with E-state index in [0.717, 1.165) is 51.1 Å². The predicted molar refractivity (Wildman–Crippen MR) is 123 cm³/mol. The van der Waals surface area contributed by atoms with Gasteiger partial charge in [-0.3, -0.25) is 4.79 Å². The SMILES string of the molecule is CNc1c(Nc2cc3nc(-c4ccccc4)cn3cc2Br)c2n(c(=O)c1C=N)CC2. The van der Waals surface area contributed by atoms with Crippen LogP contribution in [0.2, 0.25) is 0 Å². The summed E-state index contributed by atoms with van der Waals surface area (Å²) in [6, 6.07) is 12.0. The molecule has 0 aliphatic carbocycles. The fourth-order valence-electron chi connectivity index (χ4n) is 3.87. The van der Waals surface area contributed by atoms with Crippen LogP contribution in [-0.2, 0) is 13.0 Å². The van der Waals surface area contributed by atoms with Gasteiger partial charge < -0.3 is 25.0 Å². The van der Waals surface area contributed by atoms with E-state index in [1.54, 1.807) is 11.6 Å². The summed E-state index contributed by atoms with van der Waals surface area (Å²) < 4.78 is 4.57. The number of hydrogen-bond donors (Lipinski definition) is 3. The van der Waals surface area contributed by atoms with Crippen molar-refractivity contribution < 1.29 is 0 Å². The Bertz CT molecular complexity index is 1360. The Morgan fingerprint density at radius 1 is 1.20 bits per heavy atom. The molecule has 0 saturated heterocycles. The molecule has 0 atom stereocenters. The van der Waals surface area contributed by atoms with Crippen LogP contribution >= 0.6 is 15.9 Å². The Kier molecular flexibility index (Phi) is 4.43. The quantitative estimate of drug-likeness (QED) is 0.386. The largest absolute Gasteiger partial charge is 0.386 e. The molecule has 0 spiro atoms. The Morgan fingerprint density at radius 3 is 2.67 bits per heavy atom. The molecule has 1 aliphatic heterocycles. The second-order valence-electron chi connectivity index (χ2n) is 7.13. The predicted octanol–water partition coefficient (Wildman–Crippen LogP) is 4.26. The van der Waals surface area contributed by atoms with Gasteiger partial charge in [-0.1, -0.05) is 30.3 Å². The third kappa shape index (κ3) is 2.83. The summed E-state index contributed by atoms with van der Waals surface area (Å²) in [5.41, 5.74) is 6.24. The van der Waals surface area contributed by atoms with Crippen molar-refractivity contribution >= 4 is 44.9 Å². The molecule has 1 aliphatic rings. The van der Waals surface area contributed by atoms with Gasteiger partial charge in [0.15, 0.2) is 0 Å². The van der Waals surface area contributed by atoms with Crippen LogP contribution in [0.3, 0.4) is 0 Å². The lowest BCUT2D eigenvalue weighted by Crippen LogP contribution is -2.36. The Hall–Kier alpha value is -3.39. The summed E-state index contributed by atoms with van der Waals surface area (Å²) in [4.78, 5) is 17.3. The molecule has 4 heterocycles. The zero-order valence-electron chi connectivity index (χ0n) is 16.2. The van der Waals surface area contributed by atoms with Crippen molar-refractivity contribution in [2.75, 3.05) is 17.7 Å². The highest BCUT2D eigenvalue weighted by molar-refractivity contribution is 9.10. The number of hydrogen-bond acceptors (Lipinski definition) is 5. The first-order chi connectivity index (χ1) is 14.6. The van der Waals surface area contributed by atoms with Gasteiger partial charge in [-0.25, -0.2) is 4.98 Å². The number of benzene rings is 1. The van der Waals surface area contributed by atoms with Gasteiger partial charge in [0.25, 0.3) is 5.56 Å². The average molecular weight is 463 g/mol. The Balaban J connectivity index is 1.61. The minimum atomic E-state index is -0.128. The van der Waals surface area contributed by atoms with Crippen LogP contribution in [0.5, 0.6) is 0 Å². The average Bonchev–Trinajstić information content (AvgIpc) is 3.13. The van der Waals surface area contributed by atoms with E-state index in [9.17, 15) is 4.79 Å². The lowest BCUT2D eigenvalue weighted by molar-refractivity contribution is 0.530. The van der Waals surface area contributed by atoms with Gasteiger partial charge in [0.2, 0.25) is 0 Å². The molecule has 0 unspecified atom stereocenters. The third-order valence-electron chi connectivity index (χ3n) is 5.45. The second-order valence-corrected chi connectivity index (χ2v) is 7.98. The number of halogens is 1. The highest BCUT2D eigenvalue weighted by Crippen LogP contribution is 2.37. The molecule has 30 heavy (non-hydrogen) atoms. The molecule has 1 aromatic carbocycles. The first kappa shape index (κ1) is 18.6. The summed E-state index contributed by atoms with van der Waals surface area (Å²) >= 11 is 3.65. The summed E-state index contributed by atoms with van der Waals surface area (Å²) in [7, 11) is 1.77. The van der Waals surface area contributed by atoms with E-state index >= 15 is 0 Å². The molecule has 0 saturated carbocycles. The zero-order chi connectivity index (χ0) is 20.8. The molecular weight excluding hydrogens is 444 g/mol. The van der Waals surface area contributed by atoms with E-state index in [0.29, 0.717) is 17.8 Å². The van der Waals surface area contributed by atoms with E-state index in [1.807, 2.05) is 53.2 Å². The molecule has 4 aromatic rings. The highest BCUT2D eigenvalue weighted by atomic mass is 79.9. The number of anilines is 3. The third-order valence-corrected chi connectivity index (χ3v) is 6.08. The molecule has 3 aromatic heterocycles. The van der Waals surface area contributed by atoms with Crippen molar-refractivity contribution in [3.8, 4) is 11.3 Å². The monoisotopic (exact) mass is 462 g/mol. The van der Waals surface area contributed by atoms with Gasteiger partial charge in [-0.15, -0.1) is 0 Å². The topological polar surface area (TPSA) is 87.2 Å². The second kappa shape index (κ2) is 7.14. The first-order valence-corrected chi connectivity index (χ1v) is 10.4. The lowest BCUT2D eigenvalue weighted by Gasteiger charge is -2.29. The van der Waals surface area contributed by atoms with Crippen molar-refractivity contribution in [3.63, 3.8) is 0 Å². The van der Waals surface area contributed by atoms with Crippen LogP contribution in [-0.4, -0.2) is 27.2 Å². The summed E-state index contributed by atoms with van der Waals surface area (Å²) in [6.07, 6.45) is 5.89. The summed E-state index contributed by atoms with van der Waals surface area (Å²) in [6.45, 7) is 0.675. The van der Waals surface area contributed by atoms with Gasteiger partial charge in [0, 0.05) is 55.9 Å². The number of rotatable bonds is 5. The smallest absolute Gasteiger partial charge is 0.261 e. The lowest BCUT2D eigenvalue weighted by atomic mass is 10.0. The van der Waals surface area contributed by atoms with Crippen LogP contribution in [0.4, 0.5) is 17.1 Å². The molecule has 0 radical (unpaired) electrons. The summed E-state index contributed by atoms with van der Waals surface area (Å²) in [5.74, 6) is 0. The van der Waals surface area contributed by atoms with Crippen molar-refractivity contribution in [1.29, 1.82) is 5.41 Å². The Morgan fingerprint density at radius 2 is 2.00 bits per heavy atom. The van der Waals surface area contributed by atoms with Gasteiger partial charge >= 0.3 is 0 Å². The first-order valence-electron chi connectivity index (χ1n) is 9.59. The van der Waals surface area contributed by atoms with Crippen LogP contribution in [0.25, 0.3) is 16.9 Å². The van der Waals surface area contributed by atoms with E-state index in [2.05, 4.69) is 26.6 Å². The molecular formula is C22H19BrN6O. The maximum Gasteiger partial charge on any atom is 0.261 e. The number of imidazole rings is 1. The molecule has 5 rings (SSSR count). The van der Waals surface area contributed by atoms with Crippen LogP contribution in [0, 0.1) is 5.41 Å². The molecule has 0 amide bonds. The minimum Gasteiger partial charge on any atom is -0.386 e. The summed E-state index contributed by atoms with van der Waals surface area (Å²) in [5, 5.41) is 14.3. The van der Waals surface area contributed by atoms with E-state index in [4.69, 9.17) is 10.4 Å². The minimum absolute atomic E-state index is 0.128. The number of nitrogens with zero attached hydrogens (tertiary/aromatic N) is 3. The van der Waals surface area contributed by atoms with Crippen LogP contribution in [0.15, 0.2) is 58.1 Å². The number of pyridine rings is 2. The van der Waals surface area contributed by atoms with Gasteiger partial charge in [-0.05, 0) is 15.9 Å². The molecule has 150 valence electrons. The number of nitrogens with one attached hydrogen (secondary N) is 3.